The van der Waals surface area contributed by atoms with Gasteiger partial charge in [-0.1, -0.05) is 12.8 Å². The van der Waals surface area contributed by atoms with Crippen LogP contribution in [-0.4, -0.2) is 28.3 Å². The molecule has 0 saturated heterocycles. The van der Waals surface area contributed by atoms with Crippen LogP contribution < -0.4 is 0 Å². The summed E-state index contributed by atoms with van der Waals surface area (Å²) in [6, 6.07) is 0. The molecule has 0 bridgehead atoms. The lowest BCUT2D eigenvalue weighted by molar-refractivity contribution is 0.264. The van der Waals surface area contributed by atoms with E-state index in [1.807, 2.05) is 18.7 Å². The van der Waals surface area contributed by atoms with Crippen LogP contribution in [0.4, 0.5) is 0 Å². The molecule has 0 aromatic carbocycles. The Balaban J connectivity index is 1.95. The zero-order chi connectivity index (χ0) is 12.4. The maximum Gasteiger partial charge on any atom is 0.0739 e. The Morgan fingerprint density at radius 1 is 1.41 bits per heavy atom. The fourth-order valence-corrected chi connectivity index (χ4v) is 3.27. The molecule has 0 N–H and O–H groups in total. The number of aryl methyl sites for hydroxylation is 2. The molecular weight excluding hydrogens is 278 g/mol. The number of rotatable bonds is 4. The molecule has 0 unspecified atom stereocenters. The summed E-state index contributed by atoms with van der Waals surface area (Å²) in [5.41, 5.74) is 2.36. The number of hydrogen-bond acceptors (Lipinski definition) is 2. The van der Waals surface area contributed by atoms with Gasteiger partial charge < -0.3 is 4.90 Å². The number of halogens is 1. The summed E-state index contributed by atoms with van der Waals surface area (Å²) in [6.07, 6.45) is 5.67. The highest BCUT2D eigenvalue weighted by atomic mass is 79.9. The van der Waals surface area contributed by atoms with Crippen molar-refractivity contribution < 1.29 is 0 Å². The average molecular weight is 300 g/mol. The molecule has 1 aromatic rings. The second-order valence-electron chi connectivity index (χ2n) is 5.32. The zero-order valence-electron chi connectivity index (χ0n) is 11.0. The van der Waals surface area contributed by atoms with Crippen molar-refractivity contribution in [3.05, 3.63) is 15.9 Å². The van der Waals surface area contributed by atoms with Crippen molar-refractivity contribution in [1.82, 2.24) is 14.7 Å². The molecule has 1 saturated carbocycles. The highest BCUT2D eigenvalue weighted by Gasteiger charge is 2.18. The first-order valence-corrected chi connectivity index (χ1v) is 7.23. The van der Waals surface area contributed by atoms with Gasteiger partial charge in [0.1, 0.15) is 0 Å². The van der Waals surface area contributed by atoms with Gasteiger partial charge >= 0.3 is 0 Å². The minimum Gasteiger partial charge on any atom is -0.300 e. The maximum absolute atomic E-state index is 4.44. The molecule has 1 aliphatic rings. The highest BCUT2D eigenvalue weighted by molar-refractivity contribution is 9.10. The largest absolute Gasteiger partial charge is 0.300 e. The van der Waals surface area contributed by atoms with Crippen molar-refractivity contribution in [2.24, 2.45) is 13.0 Å². The van der Waals surface area contributed by atoms with Crippen LogP contribution in [0.1, 0.15) is 37.1 Å². The van der Waals surface area contributed by atoms with Crippen LogP contribution in [0.3, 0.4) is 0 Å². The van der Waals surface area contributed by atoms with E-state index in [1.54, 1.807) is 0 Å². The highest BCUT2D eigenvalue weighted by Crippen LogP contribution is 2.26. The maximum atomic E-state index is 4.44. The van der Waals surface area contributed by atoms with Crippen LogP contribution in [-0.2, 0) is 13.6 Å². The van der Waals surface area contributed by atoms with E-state index < -0.39 is 0 Å². The van der Waals surface area contributed by atoms with Crippen molar-refractivity contribution in [3.63, 3.8) is 0 Å². The molecule has 2 rings (SSSR count). The van der Waals surface area contributed by atoms with Crippen molar-refractivity contribution in [1.29, 1.82) is 0 Å². The van der Waals surface area contributed by atoms with Gasteiger partial charge in [-0.25, -0.2) is 0 Å². The molecule has 4 heteroatoms. The molecule has 3 nitrogen and oxygen atoms in total. The van der Waals surface area contributed by atoms with Crippen LogP contribution in [0.25, 0.3) is 0 Å². The minimum atomic E-state index is 0.910. The van der Waals surface area contributed by atoms with E-state index in [-0.39, 0.29) is 0 Å². The first-order chi connectivity index (χ1) is 8.08. The SMILES string of the molecule is Cc1nn(C)c(CN(C)CC2CCCC2)c1Br. The first kappa shape index (κ1) is 13.1. The van der Waals surface area contributed by atoms with Gasteiger partial charge in [0.15, 0.2) is 0 Å². The summed E-state index contributed by atoms with van der Waals surface area (Å²) >= 11 is 3.63. The van der Waals surface area contributed by atoms with Gasteiger partial charge in [-0.15, -0.1) is 0 Å². The zero-order valence-corrected chi connectivity index (χ0v) is 12.6. The molecule has 1 aromatic heterocycles. The molecule has 0 atom stereocenters. The van der Waals surface area contributed by atoms with Crippen molar-refractivity contribution in [3.8, 4) is 0 Å². The third-order valence-corrected chi connectivity index (χ3v) is 4.76. The Morgan fingerprint density at radius 3 is 2.59 bits per heavy atom. The van der Waals surface area contributed by atoms with Gasteiger partial charge in [-0.2, -0.15) is 5.10 Å². The lowest BCUT2D eigenvalue weighted by atomic mass is 10.1. The predicted octanol–water partition coefficient (Wildman–Crippen LogP) is 3.11. The second-order valence-corrected chi connectivity index (χ2v) is 6.11. The summed E-state index contributed by atoms with van der Waals surface area (Å²) in [6.45, 7) is 4.25. The van der Waals surface area contributed by atoms with E-state index in [9.17, 15) is 0 Å². The topological polar surface area (TPSA) is 21.1 Å². The Hall–Kier alpha value is -0.350. The van der Waals surface area contributed by atoms with E-state index in [0.29, 0.717) is 0 Å². The summed E-state index contributed by atoms with van der Waals surface area (Å²) < 4.78 is 3.16. The van der Waals surface area contributed by atoms with Crippen molar-refractivity contribution in [2.75, 3.05) is 13.6 Å². The van der Waals surface area contributed by atoms with Gasteiger partial charge in [0.2, 0.25) is 0 Å². The molecule has 1 aliphatic carbocycles. The van der Waals surface area contributed by atoms with Crippen LogP contribution in [0, 0.1) is 12.8 Å². The normalized spacial score (nSPS) is 17.2. The lowest BCUT2D eigenvalue weighted by Crippen LogP contribution is -2.25. The Bertz CT molecular complexity index is 380. The Kier molecular flexibility index (Phi) is 4.26. The molecule has 0 radical (unpaired) electrons. The summed E-state index contributed by atoms with van der Waals surface area (Å²) in [7, 11) is 4.24. The van der Waals surface area contributed by atoms with E-state index in [4.69, 9.17) is 0 Å². The fourth-order valence-electron chi connectivity index (χ4n) is 2.81. The smallest absolute Gasteiger partial charge is 0.0739 e. The van der Waals surface area contributed by atoms with Crippen molar-refractivity contribution >= 4 is 15.9 Å². The Morgan fingerprint density at radius 2 is 2.06 bits per heavy atom. The summed E-state index contributed by atoms with van der Waals surface area (Å²) in [5.74, 6) is 0.910. The third-order valence-electron chi connectivity index (χ3n) is 3.73. The molecule has 17 heavy (non-hydrogen) atoms. The van der Waals surface area contributed by atoms with Crippen LogP contribution in [0.2, 0.25) is 0 Å². The fraction of sp³-hybridized carbons (Fsp3) is 0.769. The third kappa shape index (κ3) is 3.10. The van der Waals surface area contributed by atoms with Crippen molar-refractivity contribution in [2.45, 2.75) is 39.2 Å². The number of nitrogens with zero attached hydrogens (tertiary/aromatic N) is 3. The van der Waals surface area contributed by atoms with Gasteiger partial charge in [-0.3, -0.25) is 4.68 Å². The second kappa shape index (κ2) is 5.53. The van der Waals surface area contributed by atoms with Gasteiger partial charge in [-0.05, 0) is 48.7 Å². The number of aromatic nitrogens is 2. The molecule has 1 heterocycles. The molecular formula is C13H22BrN3. The molecule has 0 spiro atoms. The molecule has 0 aliphatic heterocycles. The van der Waals surface area contributed by atoms with E-state index in [2.05, 4.69) is 33.0 Å². The van der Waals surface area contributed by atoms with E-state index in [0.717, 1.165) is 18.2 Å². The molecule has 1 fully saturated rings. The van der Waals surface area contributed by atoms with Gasteiger partial charge in [0.05, 0.1) is 15.9 Å². The van der Waals surface area contributed by atoms with Crippen LogP contribution >= 0.6 is 15.9 Å². The molecule has 96 valence electrons. The minimum absolute atomic E-state index is 0.910. The standard InChI is InChI=1S/C13H22BrN3/c1-10-13(14)12(17(3)15-10)9-16(2)8-11-6-4-5-7-11/h11H,4-9H2,1-3H3. The Labute approximate surface area is 112 Å². The van der Waals surface area contributed by atoms with Gasteiger partial charge in [0.25, 0.3) is 0 Å². The van der Waals surface area contributed by atoms with E-state index >= 15 is 0 Å². The molecule has 0 amide bonds. The van der Waals surface area contributed by atoms with Gasteiger partial charge in [0, 0.05) is 20.1 Å². The average Bonchev–Trinajstić information content (AvgIpc) is 2.83. The van der Waals surface area contributed by atoms with Crippen LogP contribution in [0.15, 0.2) is 4.47 Å². The quantitative estimate of drug-likeness (QED) is 0.852. The van der Waals surface area contributed by atoms with E-state index in [1.165, 1.54) is 42.4 Å². The van der Waals surface area contributed by atoms with Crippen LogP contribution in [0.5, 0.6) is 0 Å². The monoisotopic (exact) mass is 299 g/mol. The summed E-state index contributed by atoms with van der Waals surface area (Å²) in [5, 5.41) is 4.44. The number of hydrogen-bond donors (Lipinski definition) is 0. The first-order valence-electron chi connectivity index (χ1n) is 6.44. The predicted molar refractivity (Wildman–Crippen MR) is 73.9 cm³/mol. The lowest BCUT2D eigenvalue weighted by Gasteiger charge is -2.20. The summed E-state index contributed by atoms with van der Waals surface area (Å²) in [4.78, 5) is 2.43.